The quantitative estimate of drug-likeness (QED) is 0.669. The third-order valence-electron chi connectivity index (χ3n) is 4.13. The number of para-hydroxylation sites is 1. The lowest BCUT2D eigenvalue weighted by atomic mass is 9.98. The second-order valence-corrected chi connectivity index (χ2v) is 5.92. The lowest BCUT2D eigenvalue weighted by molar-refractivity contribution is 0.443. The Labute approximate surface area is 136 Å². The van der Waals surface area contributed by atoms with Crippen molar-refractivity contribution in [3.05, 3.63) is 65.7 Å². The van der Waals surface area contributed by atoms with E-state index in [0.29, 0.717) is 18.8 Å². The van der Waals surface area contributed by atoms with Gasteiger partial charge in [-0.2, -0.15) is 5.10 Å². The van der Waals surface area contributed by atoms with Crippen LogP contribution in [0.5, 0.6) is 5.75 Å². The molecule has 1 atom stereocenters. The Morgan fingerprint density at radius 1 is 1.17 bits per heavy atom. The second kappa shape index (κ2) is 6.65. The summed E-state index contributed by atoms with van der Waals surface area (Å²) in [4.78, 5) is 0. The number of nitrogens with zero attached hydrogens (tertiary/aromatic N) is 2. The average Bonchev–Trinajstić information content (AvgIpc) is 2.96. The van der Waals surface area contributed by atoms with Gasteiger partial charge in [0, 0.05) is 17.9 Å². The Morgan fingerprint density at radius 3 is 2.61 bits per heavy atom. The van der Waals surface area contributed by atoms with Crippen molar-refractivity contribution in [2.75, 3.05) is 6.54 Å². The molecular weight excluding hydrogens is 286 g/mol. The van der Waals surface area contributed by atoms with Gasteiger partial charge in [0.05, 0.1) is 12.3 Å². The molecule has 3 rings (SSSR count). The van der Waals surface area contributed by atoms with Gasteiger partial charge in [0.25, 0.3) is 0 Å². The monoisotopic (exact) mass is 307 g/mol. The van der Waals surface area contributed by atoms with Crippen LogP contribution >= 0.6 is 0 Å². The van der Waals surface area contributed by atoms with Crippen LogP contribution in [0.4, 0.5) is 0 Å². The predicted octanol–water partition coefficient (Wildman–Crippen LogP) is 3.66. The molecule has 2 N–H and O–H groups in total. The van der Waals surface area contributed by atoms with Crippen LogP contribution in [0.3, 0.4) is 0 Å². The molecule has 1 heterocycles. The molecule has 0 spiro atoms. The molecule has 0 bridgehead atoms. The van der Waals surface area contributed by atoms with Crippen molar-refractivity contribution in [3.8, 4) is 5.75 Å². The number of amidine groups is 1. The first-order chi connectivity index (χ1) is 11.1. The van der Waals surface area contributed by atoms with E-state index in [1.807, 2.05) is 30.3 Å². The fourth-order valence-corrected chi connectivity index (χ4v) is 2.83. The maximum absolute atomic E-state index is 10.0. The third kappa shape index (κ3) is 3.42. The van der Waals surface area contributed by atoms with Crippen molar-refractivity contribution < 1.29 is 5.11 Å². The highest BCUT2D eigenvalue weighted by Crippen LogP contribution is 2.25. The number of aryl methyl sites for hydroxylation is 1. The topological polar surface area (TPSA) is 59.7 Å². The molecule has 0 radical (unpaired) electrons. The Balaban J connectivity index is 1.69. The smallest absolute Gasteiger partial charge is 0.124 e. The van der Waals surface area contributed by atoms with E-state index in [0.717, 1.165) is 17.7 Å². The van der Waals surface area contributed by atoms with Gasteiger partial charge in [-0.1, -0.05) is 49.4 Å². The molecule has 2 aromatic carbocycles. The van der Waals surface area contributed by atoms with Crippen LogP contribution in [0.1, 0.15) is 24.5 Å². The van der Waals surface area contributed by atoms with Gasteiger partial charge < -0.3 is 5.11 Å². The largest absolute Gasteiger partial charge is 0.507 e. The number of benzene rings is 2. The molecule has 0 saturated heterocycles. The SMILES string of the molecule is CC1CN(C(=N)CCc2ccccc2)N=C1c1ccccc1O. The van der Waals surface area contributed by atoms with Crippen LogP contribution in [0.25, 0.3) is 0 Å². The Hall–Kier alpha value is -2.62. The van der Waals surface area contributed by atoms with Crippen molar-refractivity contribution in [2.45, 2.75) is 19.8 Å². The van der Waals surface area contributed by atoms with E-state index in [-0.39, 0.29) is 11.7 Å². The average molecular weight is 307 g/mol. The fraction of sp³-hybridized carbons (Fsp3) is 0.263. The highest BCUT2D eigenvalue weighted by Gasteiger charge is 2.27. The minimum atomic E-state index is 0.195. The van der Waals surface area contributed by atoms with Gasteiger partial charge in [-0.3, -0.25) is 10.4 Å². The predicted molar refractivity (Wildman–Crippen MR) is 93.0 cm³/mol. The zero-order chi connectivity index (χ0) is 16.2. The van der Waals surface area contributed by atoms with Crippen molar-refractivity contribution in [1.29, 1.82) is 5.41 Å². The number of rotatable bonds is 4. The molecule has 23 heavy (non-hydrogen) atoms. The summed E-state index contributed by atoms with van der Waals surface area (Å²) in [5.74, 6) is 0.960. The summed E-state index contributed by atoms with van der Waals surface area (Å²) in [6.07, 6.45) is 1.50. The minimum absolute atomic E-state index is 0.195. The van der Waals surface area contributed by atoms with Gasteiger partial charge in [-0.05, 0) is 24.1 Å². The molecule has 4 heteroatoms. The number of hydrazone groups is 1. The van der Waals surface area contributed by atoms with Crippen LogP contribution < -0.4 is 0 Å². The van der Waals surface area contributed by atoms with Gasteiger partial charge >= 0.3 is 0 Å². The number of aromatic hydroxyl groups is 1. The van der Waals surface area contributed by atoms with Crippen LogP contribution in [0.15, 0.2) is 59.7 Å². The van der Waals surface area contributed by atoms with Crippen LogP contribution in [0, 0.1) is 11.3 Å². The molecule has 118 valence electrons. The maximum atomic E-state index is 10.0. The molecule has 0 aliphatic carbocycles. The molecular formula is C19H21N3O. The fourth-order valence-electron chi connectivity index (χ4n) is 2.83. The standard InChI is InChI=1S/C19H21N3O/c1-14-13-22(18(20)12-11-15-7-3-2-4-8-15)21-19(14)16-9-5-6-10-17(16)23/h2-10,14,20,23H,11-13H2,1H3. The summed E-state index contributed by atoms with van der Waals surface area (Å²) in [7, 11) is 0. The molecule has 4 nitrogen and oxygen atoms in total. The van der Waals surface area contributed by atoms with E-state index in [1.54, 1.807) is 17.1 Å². The Kier molecular flexibility index (Phi) is 4.42. The molecule has 1 aliphatic heterocycles. The van der Waals surface area contributed by atoms with Crippen LogP contribution in [-0.2, 0) is 6.42 Å². The summed E-state index contributed by atoms with van der Waals surface area (Å²) in [5, 5.41) is 24.6. The van der Waals surface area contributed by atoms with E-state index in [4.69, 9.17) is 5.41 Å². The normalized spacial score (nSPS) is 17.2. The first kappa shape index (κ1) is 15.3. The van der Waals surface area contributed by atoms with E-state index < -0.39 is 0 Å². The molecule has 1 aliphatic rings. The van der Waals surface area contributed by atoms with Crippen molar-refractivity contribution in [3.63, 3.8) is 0 Å². The molecule has 2 aromatic rings. The highest BCUT2D eigenvalue weighted by atomic mass is 16.3. The Morgan fingerprint density at radius 2 is 1.87 bits per heavy atom. The maximum Gasteiger partial charge on any atom is 0.124 e. The lowest BCUT2D eigenvalue weighted by Crippen LogP contribution is -2.25. The second-order valence-electron chi connectivity index (χ2n) is 5.92. The summed E-state index contributed by atoms with van der Waals surface area (Å²) < 4.78 is 0. The number of hydrogen-bond donors (Lipinski definition) is 2. The highest BCUT2D eigenvalue weighted by molar-refractivity contribution is 6.06. The number of phenolic OH excluding ortho intramolecular Hbond substituents is 1. The zero-order valence-electron chi connectivity index (χ0n) is 13.2. The van der Waals surface area contributed by atoms with Gasteiger partial charge in [-0.25, -0.2) is 0 Å². The molecule has 0 saturated carbocycles. The van der Waals surface area contributed by atoms with Crippen molar-refractivity contribution in [2.24, 2.45) is 11.0 Å². The summed E-state index contributed by atoms with van der Waals surface area (Å²) in [6.45, 7) is 2.77. The first-order valence-electron chi connectivity index (χ1n) is 7.91. The zero-order valence-corrected chi connectivity index (χ0v) is 13.2. The summed E-state index contributed by atoms with van der Waals surface area (Å²) in [5.41, 5.74) is 2.85. The molecule has 0 aromatic heterocycles. The lowest BCUT2D eigenvalue weighted by Gasteiger charge is -2.15. The number of hydrogen-bond acceptors (Lipinski definition) is 3. The number of phenols is 1. The third-order valence-corrected chi connectivity index (χ3v) is 4.13. The van der Waals surface area contributed by atoms with Crippen molar-refractivity contribution >= 4 is 11.5 Å². The molecule has 1 unspecified atom stereocenters. The van der Waals surface area contributed by atoms with E-state index in [1.165, 1.54) is 5.56 Å². The van der Waals surface area contributed by atoms with Gasteiger partial charge in [0.1, 0.15) is 11.6 Å². The van der Waals surface area contributed by atoms with E-state index in [2.05, 4.69) is 24.2 Å². The van der Waals surface area contributed by atoms with E-state index >= 15 is 0 Å². The van der Waals surface area contributed by atoms with E-state index in [9.17, 15) is 5.11 Å². The van der Waals surface area contributed by atoms with Gasteiger partial charge in [0.15, 0.2) is 0 Å². The molecule has 0 amide bonds. The number of nitrogens with one attached hydrogen (secondary N) is 1. The molecule has 0 fully saturated rings. The summed E-state index contributed by atoms with van der Waals surface area (Å²) >= 11 is 0. The Bertz CT molecular complexity index is 724. The first-order valence-corrected chi connectivity index (χ1v) is 7.91. The van der Waals surface area contributed by atoms with Crippen molar-refractivity contribution in [1.82, 2.24) is 5.01 Å². The van der Waals surface area contributed by atoms with Gasteiger partial charge in [0.2, 0.25) is 0 Å². The van der Waals surface area contributed by atoms with Gasteiger partial charge in [-0.15, -0.1) is 0 Å². The summed E-state index contributed by atoms with van der Waals surface area (Å²) in [6, 6.07) is 17.5. The van der Waals surface area contributed by atoms with Crippen LogP contribution in [0.2, 0.25) is 0 Å². The minimum Gasteiger partial charge on any atom is -0.507 e. The van der Waals surface area contributed by atoms with Crippen LogP contribution in [-0.4, -0.2) is 28.2 Å².